The molecule has 0 aliphatic heterocycles. The highest BCUT2D eigenvalue weighted by Gasteiger charge is 2.37. The van der Waals surface area contributed by atoms with Crippen molar-refractivity contribution in [3.05, 3.63) is 0 Å². The number of halogens is 2. The smallest absolute Gasteiger partial charge is 0.106 e. The van der Waals surface area contributed by atoms with E-state index in [0.717, 1.165) is 13.0 Å². The molecule has 10 unspecified atom stereocenters. The summed E-state index contributed by atoms with van der Waals surface area (Å²) < 4.78 is 21.3. The third-order valence-electron chi connectivity index (χ3n) is 1.15. The lowest BCUT2D eigenvalue weighted by Crippen LogP contribution is -1.51. The van der Waals surface area contributed by atoms with Gasteiger partial charge < -0.3 is 0 Å². The van der Waals surface area contributed by atoms with Crippen molar-refractivity contribution in [2.75, 3.05) is 0 Å². The summed E-state index contributed by atoms with van der Waals surface area (Å²) in [5, 5.41) is 0. The lowest BCUT2D eigenvalue weighted by Gasteiger charge is -2.38. The molecular weight excluding hydrogens is 612 g/mol. The molecule has 0 nitrogen and oxygen atoms in total. The second-order valence-corrected chi connectivity index (χ2v) is 59.5. The molecule has 102 valence electrons. The molecule has 0 bridgehead atoms. The molecule has 0 radical (unpaired) electrons. The van der Waals surface area contributed by atoms with Gasteiger partial charge in [0, 0.05) is 21.0 Å². The lowest BCUT2D eigenvalue weighted by molar-refractivity contribution is 0.936. The molecule has 0 amide bonds. The molecule has 0 spiro atoms. The van der Waals surface area contributed by atoms with Crippen molar-refractivity contribution in [1.82, 2.24) is 0 Å². The second kappa shape index (κ2) is 14.0. The van der Waals surface area contributed by atoms with Gasteiger partial charge in [0.25, 0.3) is 0 Å². The van der Waals surface area contributed by atoms with E-state index in [1.165, 1.54) is 0 Å². The van der Waals surface area contributed by atoms with Crippen LogP contribution < -0.4 is 0 Å². The molecule has 10 atom stereocenters. The van der Waals surface area contributed by atoms with E-state index in [2.05, 4.69) is 66.7 Å². The van der Waals surface area contributed by atoms with Crippen LogP contribution in [0, 0.1) is 0 Å². The van der Waals surface area contributed by atoms with Gasteiger partial charge in [-0.25, -0.2) is 4.20 Å². The van der Waals surface area contributed by atoms with Crippen molar-refractivity contribution >= 4 is 142 Å². The van der Waals surface area contributed by atoms with Gasteiger partial charge in [0.2, 0.25) is 0 Å². The minimum Gasteiger partial charge on any atom is -0.225 e. The topological polar surface area (TPSA) is 0 Å². The third-order valence-corrected chi connectivity index (χ3v) is 98.4. The molecule has 17 heavy (non-hydrogen) atoms. The Morgan fingerprint density at radius 2 is 1.65 bits per heavy atom. The number of hydrogen-bond donors (Lipinski definition) is 0. The predicted octanol–water partition coefficient (Wildman–Crippen LogP) is 10.1. The Morgan fingerprint density at radius 3 is 1.88 bits per heavy atom. The molecule has 17 heteroatoms. The van der Waals surface area contributed by atoms with Gasteiger partial charge in [-0.1, -0.05) is 33.8 Å². The van der Waals surface area contributed by atoms with Crippen molar-refractivity contribution < 1.29 is 4.20 Å². The van der Waals surface area contributed by atoms with Crippen LogP contribution in [0.2, 0.25) is 0 Å². The Hall–Kier alpha value is 6.77. The fourth-order valence-electron chi connectivity index (χ4n) is 0.658. The first-order chi connectivity index (χ1) is 8.27. The Bertz CT molecular complexity index is 238. The highest BCUT2D eigenvalue weighted by Crippen LogP contribution is 3.23. The van der Waals surface area contributed by atoms with Crippen molar-refractivity contribution in [3.63, 3.8) is 0 Å². The van der Waals surface area contributed by atoms with Gasteiger partial charge in [-0.2, -0.15) is 0 Å². The molecule has 0 fully saturated rings. The molecule has 0 rings (SSSR count). The Balaban J connectivity index is 5.36. The predicted molar refractivity (Wildman–Crippen MR) is 136 cm³/mol. The van der Waals surface area contributed by atoms with Gasteiger partial charge in [0.15, 0.2) is 0 Å². The van der Waals surface area contributed by atoms with E-state index in [4.69, 9.17) is 13.1 Å². The molecular formula is H12FIP14S. The van der Waals surface area contributed by atoms with E-state index >= 15 is 0 Å². The fraction of sp³-hybridized carbons (Fsp3) is 0. The van der Waals surface area contributed by atoms with E-state index in [-0.39, 0.29) is 34.9 Å². The van der Waals surface area contributed by atoms with Crippen LogP contribution in [0.15, 0.2) is 0 Å². The van der Waals surface area contributed by atoms with Crippen molar-refractivity contribution in [3.8, 4) is 0 Å². The average molecular weight is 626 g/mol. The maximum atomic E-state index is 13.7. The summed E-state index contributed by atoms with van der Waals surface area (Å²) >= 11 is 7.59. The van der Waals surface area contributed by atoms with Gasteiger partial charge in [-0.05, 0) is 33.9 Å². The summed E-state index contributed by atoms with van der Waals surface area (Å²) in [7, 11) is 13.4. The normalized spacial score (nSPS) is 21.4. The van der Waals surface area contributed by atoms with E-state index in [0.29, 0.717) is 0 Å². The fourth-order valence-corrected chi connectivity index (χ4v) is 163. The second-order valence-electron chi connectivity index (χ2n) is 2.15. The van der Waals surface area contributed by atoms with Gasteiger partial charge in [-0.15, -0.1) is 44.6 Å². The van der Waals surface area contributed by atoms with E-state index in [1.54, 1.807) is 0 Å². The summed E-state index contributed by atoms with van der Waals surface area (Å²) in [6.45, 7) is -2.08. The molecule has 0 aliphatic rings. The molecule has 0 aromatic rings. The SMILES string of the molecule is [3H]P(F)P(P=S)P(P(P)PI)P(P(P)P)P(P)P. The lowest BCUT2D eigenvalue weighted by atomic mass is 18.9. The molecule has 0 heterocycles. The molecule has 0 aromatic heterocycles. The van der Waals surface area contributed by atoms with Crippen molar-refractivity contribution in [2.45, 2.75) is 0 Å². The van der Waals surface area contributed by atoms with Crippen LogP contribution in [-0.4, -0.2) is 1.28 Å². The Kier molecular flexibility index (Phi) is 18.0. The van der Waals surface area contributed by atoms with Crippen LogP contribution in [0.4, 0.5) is 4.20 Å². The molecule has 0 saturated carbocycles. The zero-order chi connectivity index (χ0) is 14.5. The average Bonchev–Trinajstić information content (AvgIpc) is 2.26. The quantitative estimate of drug-likeness (QED) is 0.191. The zero-order valence-corrected chi connectivity index (χ0v) is 25.0. The van der Waals surface area contributed by atoms with Crippen LogP contribution in [0.25, 0.3) is 0 Å². The molecule has 0 aliphatic carbocycles. The van der Waals surface area contributed by atoms with Gasteiger partial charge in [-0.3, -0.25) is 0 Å². The highest BCUT2D eigenvalue weighted by molar-refractivity contribution is 14.2. The van der Waals surface area contributed by atoms with Crippen LogP contribution in [0.1, 0.15) is 0 Å². The van der Waals surface area contributed by atoms with E-state index in [1.807, 2.05) is 0 Å². The molecule has 0 aromatic carbocycles. The van der Waals surface area contributed by atoms with Crippen molar-refractivity contribution in [2.24, 2.45) is 0 Å². The first-order valence-corrected chi connectivity index (χ1v) is 32.2. The minimum absolute atomic E-state index is 0.197. The van der Waals surface area contributed by atoms with Crippen molar-refractivity contribution in [1.29, 1.82) is 1.28 Å². The number of rotatable bonds is 8. The molecule has 0 saturated heterocycles. The van der Waals surface area contributed by atoms with Crippen LogP contribution in [0.3, 0.4) is 0 Å². The summed E-state index contributed by atoms with van der Waals surface area (Å²) in [5.74, 6) is 0.831. The summed E-state index contributed by atoms with van der Waals surface area (Å²) in [5.41, 5.74) is 0. The van der Waals surface area contributed by atoms with Crippen LogP contribution in [0.5, 0.6) is 0 Å². The van der Waals surface area contributed by atoms with Gasteiger partial charge >= 0.3 is 0 Å². The first kappa shape index (κ1) is 21.8. The standard InChI is InChI=1S/FH12IP14S/c1-8-14(10-17)16(13(7)9-2)15(11(3)4)12(5)6/h8-9H,3-7H2/i8T. The summed E-state index contributed by atoms with van der Waals surface area (Å²) in [6.07, 6.45) is 0. The minimum atomic E-state index is -2.09. The highest BCUT2D eigenvalue weighted by atomic mass is 127. The van der Waals surface area contributed by atoms with Crippen LogP contribution >= 0.6 is 130 Å². The van der Waals surface area contributed by atoms with E-state index < -0.39 is 15.5 Å². The molecule has 0 N–H and O–H groups in total. The van der Waals surface area contributed by atoms with Gasteiger partial charge in [0.05, 0.1) is 0 Å². The maximum absolute atomic E-state index is 13.7. The Morgan fingerprint density at radius 1 is 1.18 bits per heavy atom. The largest absolute Gasteiger partial charge is 0.225 e. The first-order valence-electron chi connectivity index (χ1n) is 3.90. The number of hydrogen-bond acceptors (Lipinski definition) is 1. The zero-order valence-electron chi connectivity index (χ0n) is 9.13. The van der Waals surface area contributed by atoms with Gasteiger partial charge in [0.1, 0.15) is 9.80 Å². The van der Waals surface area contributed by atoms with E-state index in [9.17, 15) is 4.20 Å². The van der Waals surface area contributed by atoms with Crippen LogP contribution in [-0.2, 0) is 11.8 Å². The maximum Gasteiger partial charge on any atom is 0.106 e. The monoisotopic (exact) mass is 626 g/mol. The summed E-state index contributed by atoms with van der Waals surface area (Å²) in [4.78, 5) is 0. The Labute approximate surface area is 146 Å². The summed E-state index contributed by atoms with van der Waals surface area (Å²) in [6, 6.07) is 0. The third kappa shape index (κ3) is 9.15.